The molecule has 11 heteroatoms. The van der Waals surface area contributed by atoms with E-state index in [1.54, 1.807) is 25.7 Å². The van der Waals surface area contributed by atoms with Crippen LogP contribution >= 0.6 is 0 Å². The third-order valence-electron chi connectivity index (χ3n) is 6.19. The van der Waals surface area contributed by atoms with Gasteiger partial charge in [-0.25, -0.2) is 14.2 Å². The van der Waals surface area contributed by atoms with Crippen molar-refractivity contribution in [2.75, 3.05) is 43.1 Å². The standard InChI is InChI=1S/C27H36FN5O5/c1-8-32-15-27(6,7)37-22-20(23(32)34)21(30-24(31-22)33-11-12-36-14-16(33)2)18-10-9-17(13-19(18)28)29-25(35)38-26(3,4)5/h9-10,13,16H,8,11-12,14-15H2,1-7H3,(H,29,35)/t16-/m0/s1. The van der Waals surface area contributed by atoms with Gasteiger partial charge in [0.1, 0.15) is 22.6 Å². The number of halogens is 1. The highest BCUT2D eigenvalue weighted by atomic mass is 19.1. The predicted octanol–water partition coefficient (Wildman–Crippen LogP) is 4.49. The summed E-state index contributed by atoms with van der Waals surface area (Å²) in [6.07, 6.45) is -0.700. The normalized spacial score (nSPS) is 19.4. The molecule has 1 N–H and O–H groups in total. The van der Waals surface area contributed by atoms with Gasteiger partial charge in [-0.15, -0.1) is 0 Å². The molecule has 1 fully saturated rings. The molecule has 0 radical (unpaired) electrons. The van der Waals surface area contributed by atoms with Crippen molar-refractivity contribution >= 4 is 23.6 Å². The number of carbonyl (C=O) groups is 2. The van der Waals surface area contributed by atoms with E-state index in [2.05, 4.69) is 10.3 Å². The van der Waals surface area contributed by atoms with Crippen LogP contribution in [0, 0.1) is 5.82 Å². The molecular weight excluding hydrogens is 493 g/mol. The van der Waals surface area contributed by atoms with E-state index < -0.39 is 23.1 Å². The zero-order valence-electron chi connectivity index (χ0n) is 23.1. The van der Waals surface area contributed by atoms with Gasteiger partial charge >= 0.3 is 6.09 Å². The second-order valence-electron chi connectivity index (χ2n) is 11.2. The van der Waals surface area contributed by atoms with Gasteiger partial charge in [0, 0.05) is 24.3 Å². The molecule has 0 aliphatic carbocycles. The van der Waals surface area contributed by atoms with Crippen LogP contribution in [0.1, 0.15) is 58.8 Å². The van der Waals surface area contributed by atoms with Gasteiger partial charge in [0.25, 0.3) is 5.91 Å². The number of fused-ring (bicyclic) bond motifs is 1. The fraction of sp³-hybridized carbons (Fsp3) is 0.556. The number of likely N-dealkylation sites (N-methyl/N-ethyl adjacent to an activating group) is 1. The van der Waals surface area contributed by atoms with Gasteiger partial charge in [0.15, 0.2) is 0 Å². The Kier molecular flexibility index (Phi) is 7.51. The monoisotopic (exact) mass is 529 g/mol. The zero-order valence-corrected chi connectivity index (χ0v) is 23.1. The lowest BCUT2D eigenvalue weighted by Gasteiger charge is -2.34. The number of hydrogen-bond acceptors (Lipinski definition) is 8. The molecule has 2 aromatic rings. The number of anilines is 2. The van der Waals surface area contributed by atoms with Crippen LogP contribution in [0.2, 0.25) is 0 Å². The number of morpholine rings is 1. The van der Waals surface area contributed by atoms with E-state index in [1.165, 1.54) is 18.2 Å². The van der Waals surface area contributed by atoms with E-state index in [-0.39, 0.29) is 40.3 Å². The van der Waals surface area contributed by atoms with Crippen LogP contribution < -0.4 is 15.0 Å². The van der Waals surface area contributed by atoms with Gasteiger partial charge < -0.3 is 24.0 Å². The molecule has 0 saturated carbocycles. The van der Waals surface area contributed by atoms with Crippen LogP contribution in [-0.4, -0.2) is 77.0 Å². The number of benzene rings is 1. The van der Waals surface area contributed by atoms with Crippen molar-refractivity contribution in [3.8, 4) is 17.1 Å². The molecule has 1 aromatic heterocycles. The van der Waals surface area contributed by atoms with E-state index in [1.807, 2.05) is 32.6 Å². The molecule has 2 amide bonds. The summed E-state index contributed by atoms with van der Waals surface area (Å²) < 4.78 is 32.7. The smallest absolute Gasteiger partial charge is 0.412 e. The number of rotatable bonds is 4. The summed E-state index contributed by atoms with van der Waals surface area (Å²) in [5.74, 6) is -0.553. The lowest BCUT2D eigenvalue weighted by Crippen LogP contribution is -2.44. The first kappa shape index (κ1) is 27.6. The molecule has 38 heavy (non-hydrogen) atoms. The molecule has 10 nitrogen and oxygen atoms in total. The van der Waals surface area contributed by atoms with Crippen LogP contribution in [0.3, 0.4) is 0 Å². The number of nitrogens with one attached hydrogen (secondary N) is 1. The molecule has 2 aliphatic rings. The minimum atomic E-state index is -0.726. The third-order valence-corrected chi connectivity index (χ3v) is 6.19. The second-order valence-corrected chi connectivity index (χ2v) is 11.2. The summed E-state index contributed by atoms with van der Waals surface area (Å²) in [5.41, 5.74) is -0.890. The predicted molar refractivity (Wildman–Crippen MR) is 141 cm³/mol. The topological polar surface area (TPSA) is 106 Å². The molecule has 0 bridgehead atoms. The molecule has 2 aliphatic heterocycles. The number of hydrogen-bond donors (Lipinski definition) is 1. The first-order valence-electron chi connectivity index (χ1n) is 12.8. The summed E-state index contributed by atoms with van der Waals surface area (Å²) in [6, 6.07) is 4.17. The zero-order chi connectivity index (χ0) is 27.8. The lowest BCUT2D eigenvalue weighted by molar-refractivity contribution is 0.0541. The van der Waals surface area contributed by atoms with Gasteiger partial charge in [-0.3, -0.25) is 10.1 Å². The van der Waals surface area contributed by atoms with Crippen LogP contribution in [0.15, 0.2) is 18.2 Å². The summed E-state index contributed by atoms with van der Waals surface area (Å²) in [5, 5.41) is 2.54. The number of amides is 2. The van der Waals surface area contributed by atoms with Gasteiger partial charge in [0.2, 0.25) is 11.8 Å². The number of nitrogens with zero attached hydrogens (tertiary/aromatic N) is 4. The average molecular weight is 530 g/mol. The first-order valence-corrected chi connectivity index (χ1v) is 12.8. The Balaban J connectivity index is 1.83. The quantitative estimate of drug-likeness (QED) is 0.618. The van der Waals surface area contributed by atoms with E-state index in [0.717, 1.165) is 0 Å². The van der Waals surface area contributed by atoms with Crippen molar-refractivity contribution in [3.05, 3.63) is 29.6 Å². The van der Waals surface area contributed by atoms with Crippen molar-refractivity contribution in [2.45, 2.75) is 65.7 Å². The highest BCUT2D eigenvalue weighted by Gasteiger charge is 2.38. The summed E-state index contributed by atoms with van der Waals surface area (Å²) in [4.78, 5) is 38.9. The van der Waals surface area contributed by atoms with E-state index in [4.69, 9.17) is 19.2 Å². The van der Waals surface area contributed by atoms with Gasteiger partial charge in [0.05, 0.1) is 31.5 Å². The SMILES string of the molecule is CCN1CC(C)(C)Oc2nc(N3CCOC[C@@H]3C)nc(-c3ccc(NC(=O)OC(C)(C)C)cc3F)c2C1=O. The van der Waals surface area contributed by atoms with Crippen molar-refractivity contribution in [2.24, 2.45) is 0 Å². The maximum absolute atomic E-state index is 15.7. The van der Waals surface area contributed by atoms with E-state index in [0.29, 0.717) is 38.8 Å². The van der Waals surface area contributed by atoms with Crippen LogP contribution in [0.25, 0.3) is 11.3 Å². The van der Waals surface area contributed by atoms with Crippen molar-refractivity contribution in [1.29, 1.82) is 0 Å². The van der Waals surface area contributed by atoms with Crippen LogP contribution in [0.4, 0.5) is 20.8 Å². The highest BCUT2D eigenvalue weighted by molar-refractivity contribution is 6.03. The van der Waals surface area contributed by atoms with Crippen molar-refractivity contribution in [3.63, 3.8) is 0 Å². The van der Waals surface area contributed by atoms with Gasteiger partial charge in [-0.05, 0) is 66.7 Å². The molecule has 4 rings (SSSR count). The lowest BCUT2D eigenvalue weighted by atomic mass is 10.0. The number of carbonyl (C=O) groups excluding carboxylic acids is 2. The molecular formula is C27H36FN5O5. The highest BCUT2D eigenvalue weighted by Crippen LogP contribution is 2.37. The maximum atomic E-state index is 15.7. The van der Waals surface area contributed by atoms with Crippen LogP contribution in [0.5, 0.6) is 5.88 Å². The van der Waals surface area contributed by atoms with Crippen molar-refractivity contribution < 1.29 is 28.2 Å². The Morgan fingerprint density at radius 2 is 2.03 bits per heavy atom. The Morgan fingerprint density at radius 1 is 1.29 bits per heavy atom. The Hall–Kier alpha value is -3.47. The van der Waals surface area contributed by atoms with E-state index >= 15 is 4.39 Å². The fourth-order valence-corrected chi connectivity index (χ4v) is 4.49. The fourth-order valence-electron chi connectivity index (χ4n) is 4.49. The summed E-state index contributed by atoms with van der Waals surface area (Å²) in [6.45, 7) is 15.1. The Morgan fingerprint density at radius 3 is 2.66 bits per heavy atom. The Bertz CT molecular complexity index is 1230. The third kappa shape index (κ3) is 5.98. The largest absolute Gasteiger partial charge is 0.469 e. The minimum Gasteiger partial charge on any atom is -0.469 e. The molecule has 0 unspecified atom stereocenters. The maximum Gasteiger partial charge on any atom is 0.412 e. The van der Waals surface area contributed by atoms with Crippen molar-refractivity contribution in [1.82, 2.24) is 14.9 Å². The summed E-state index contributed by atoms with van der Waals surface area (Å²) in [7, 11) is 0. The molecule has 0 spiro atoms. The Labute approximate surface area is 222 Å². The second kappa shape index (κ2) is 10.4. The summed E-state index contributed by atoms with van der Waals surface area (Å²) >= 11 is 0. The molecule has 206 valence electrons. The first-order chi connectivity index (χ1) is 17.8. The average Bonchev–Trinajstić information content (AvgIpc) is 2.90. The molecule has 1 aromatic carbocycles. The number of ether oxygens (including phenoxy) is 3. The molecule has 1 saturated heterocycles. The van der Waals surface area contributed by atoms with Gasteiger partial charge in [-0.2, -0.15) is 4.98 Å². The number of aromatic nitrogens is 2. The molecule has 3 heterocycles. The minimum absolute atomic E-state index is 0.0264. The van der Waals surface area contributed by atoms with Gasteiger partial charge in [-0.1, -0.05) is 0 Å². The molecule has 1 atom stereocenters. The van der Waals surface area contributed by atoms with Crippen LogP contribution in [-0.2, 0) is 9.47 Å². The van der Waals surface area contributed by atoms with E-state index in [9.17, 15) is 9.59 Å².